The van der Waals surface area contributed by atoms with Gasteiger partial charge in [-0.15, -0.1) is 0 Å². The first-order valence-corrected chi connectivity index (χ1v) is 2.84. The molecule has 0 N–H and O–H groups in total. The van der Waals surface area contributed by atoms with Crippen LogP contribution >= 0.6 is 0 Å². The molecule has 7 heavy (non-hydrogen) atoms. The summed E-state index contributed by atoms with van der Waals surface area (Å²) in [5.41, 5.74) is 0. The molecule has 0 aromatic carbocycles. The van der Waals surface area contributed by atoms with E-state index < -0.39 is 0 Å². The molecular formula is C6H11N. The van der Waals surface area contributed by atoms with Crippen LogP contribution in [0.25, 0.3) is 0 Å². The van der Waals surface area contributed by atoms with Crippen LogP contribution in [0.1, 0.15) is 13.3 Å². The molecule has 0 atom stereocenters. The van der Waals surface area contributed by atoms with E-state index in [0.717, 1.165) is 6.54 Å². The van der Waals surface area contributed by atoms with Gasteiger partial charge < -0.3 is 4.90 Å². The van der Waals surface area contributed by atoms with Crippen molar-refractivity contribution < 1.29 is 0 Å². The van der Waals surface area contributed by atoms with Crippen LogP contribution in [0.5, 0.6) is 0 Å². The summed E-state index contributed by atoms with van der Waals surface area (Å²) in [6, 6.07) is 0. The van der Waals surface area contributed by atoms with E-state index in [1.54, 1.807) is 0 Å². The van der Waals surface area contributed by atoms with Crippen molar-refractivity contribution in [1.29, 1.82) is 0 Å². The molecule has 40 valence electrons. The summed E-state index contributed by atoms with van der Waals surface area (Å²) in [5.74, 6) is 0. The number of hydrogen-bond donors (Lipinski definition) is 0. The summed E-state index contributed by atoms with van der Waals surface area (Å²) in [7, 11) is 0. The molecule has 1 aliphatic rings. The first-order chi connectivity index (χ1) is 3.43. The number of hydrogen-bond acceptors (Lipinski definition) is 1. The van der Waals surface area contributed by atoms with Crippen molar-refractivity contribution in [3.05, 3.63) is 12.3 Å². The maximum atomic E-state index is 2.31. The average Bonchev–Trinajstić information content (AvgIpc) is 2.14. The summed E-state index contributed by atoms with van der Waals surface area (Å²) in [6.45, 7) is 4.57. The molecule has 0 radical (unpaired) electrons. The standard InChI is InChI=1S/C6H11N/c1-2-7-5-3-4-6-7/h3,5H,2,4,6H2,1H3. The van der Waals surface area contributed by atoms with Gasteiger partial charge >= 0.3 is 0 Å². The molecule has 1 rings (SSSR count). The predicted octanol–water partition coefficient (Wildman–Crippen LogP) is 1.23. The average molecular weight is 97.2 g/mol. The highest BCUT2D eigenvalue weighted by Gasteiger charge is 1.97. The van der Waals surface area contributed by atoms with Gasteiger partial charge in [0.25, 0.3) is 0 Å². The highest BCUT2D eigenvalue weighted by molar-refractivity contribution is 4.89. The maximum Gasteiger partial charge on any atom is 0.0207 e. The molecule has 0 saturated carbocycles. The summed E-state index contributed by atoms with van der Waals surface area (Å²) in [6.07, 6.45) is 5.62. The van der Waals surface area contributed by atoms with Crippen molar-refractivity contribution in [2.75, 3.05) is 13.1 Å². The Bertz CT molecular complexity index is 76.2. The quantitative estimate of drug-likeness (QED) is 0.475. The van der Waals surface area contributed by atoms with Crippen molar-refractivity contribution in [2.24, 2.45) is 0 Å². The Balaban J connectivity index is 2.28. The van der Waals surface area contributed by atoms with E-state index in [2.05, 4.69) is 24.1 Å². The first-order valence-electron chi connectivity index (χ1n) is 2.84. The van der Waals surface area contributed by atoms with Crippen LogP contribution in [0, 0.1) is 0 Å². The lowest BCUT2D eigenvalue weighted by atomic mass is 10.5. The van der Waals surface area contributed by atoms with Crippen molar-refractivity contribution >= 4 is 0 Å². The minimum Gasteiger partial charge on any atom is -0.378 e. The summed E-state index contributed by atoms with van der Waals surface area (Å²) in [4.78, 5) is 2.31. The smallest absolute Gasteiger partial charge is 0.0207 e. The fourth-order valence-electron chi connectivity index (χ4n) is 0.802. The molecule has 0 aromatic heterocycles. The van der Waals surface area contributed by atoms with Gasteiger partial charge in [0.05, 0.1) is 0 Å². The Hall–Kier alpha value is -0.460. The third-order valence-corrected chi connectivity index (χ3v) is 1.31. The van der Waals surface area contributed by atoms with Gasteiger partial charge in [0.1, 0.15) is 0 Å². The van der Waals surface area contributed by atoms with Gasteiger partial charge in [-0.05, 0) is 19.5 Å². The van der Waals surface area contributed by atoms with Crippen LogP contribution in [-0.2, 0) is 0 Å². The molecule has 0 bridgehead atoms. The molecule has 1 nitrogen and oxygen atoms in total. The van der Waals surface area contributed by atoms with Crippen molar-refractivity contribution in [3.8, 4) is 0 Å². The minimum absolute atomic E-state index is 1.16. The molecule has 0 aliphatic carbocycles. The molecule has 1 heteroatoms. The molecular weight excluding hydrogens is 86.1 g/mol. The second-order valence-electron chi connectivity index (χ2n) is 1.80. The predicted molar refractivity (Wildman–Crippen MR) is 31.0 cm³/mol. The zero-order chi connectivity index (χ0) is 5.11. The first kappa shape index (κ1) is 4.69. The normalized spacial score (nSPS) is 18.7. The van der Waals surface area contributed by atoms with E-state index in [9.17, 15) is 0 Å². The topological polar surface area (TPSA) is 3.24 Å². The van der Waals surface area contributed by atoms with Crippen LogP contribution in [0.3, 0.4) is 0 Å². The fraction of sp³-hybridized carbons (Fsp3) is 0.667. The second-order valence-corrected chi connectivity index (χ2v) is 1.80. The van der Waals surface area contributed by atoms with Crippen molar-refractivity contribution in [1.82, 2.24) is 4.90 Å². The zero-order valence-corrected chi connectivity index (χ0v) is 4.72. The van der Waals surface area contributed by atoms with Crippen molar-refractivity contribution in [2.45, 2.75) is 13.3 Å². The van der Waals surface area contributed by atoms with Gasteiger partial charge in [0, 0.05) is 13.1 Å². The van der Waals surface area contributed by atoms with Crippen LogP contribution in [0.15, 0.2) is 12.3 Å². The van der Waals surface area contributed by atoms with E-state index in [1.807, 2.05) is 0 Å². The van der Waals surface area contributed by atoms with Crippen molar-refractivity contribution in [3.63, 3.8) is 0 Å². The molecule has 0 fully saturated rings. The highest BCUT2D eigenvalue weighted by Crippen LogP contribution is 2.00. The Kier molecular flexibility index (Phi) is 1.35. The molecule has 1 aliphatic heterocycles. The zero-order valence-electron chi connectivity index (χ0n) is 4.72. The third kappa shape index (κ3) is 0.952. The van der Waals surface area contributed by atoms with Gasteiger partial charge in [-0.1, -0.05) is 6.08 Å². The van der Waals surface area contributed by atoms with Gasteiger partial charge in [-0.2, -0.15) is 0 Å². The van der Waals surface area contributed by atoms with Crippen LogP contribution in [0.4, 0.5) is 0 Å². The lowest BCUT2D eigenvalue weighted by molar-refractivity contribution is 0.430. The maximum absolute atomic E-state index is 2.31. The Morgan fingerprint density at radius 2 is 2.57 bits per heavy atom. The largest absolute Gasteiger partial charge is 0.378 e. The van der Waals surface area contributed by atoms with Gasteiger partial charge in [-0.25, -0.2) is 0 Å². The fourth-order valence-corrected chi connectivity index (χ4v) is 0.802. The molecule has 1 heterocycles. The highest BCUT2D eigenvalue weighted by atomic mass is 15.1. The van der Waals surface area contributed by atoms with Crippen LogP contribution < -0.4 is 0 Å². The summed E-state index contributed by atoms with van der Waals surface area (Å²) >= 11 is 0. The van der Waals surface area contributed by atoms with Gasteiger partial charge in [-0.3, -0.25) is 0 Å². The molecule has 0 amide bonds. The van der Waals surface area contributed by atoms with Crippen LogP contribution in [-0.4, -0.2) is 18.0 Å². The molecule has 0 spiro atoms. The number of nitrogens with zero attached hydrogens (tertiary/aromatic N) is 1. The van der Waals surface area contributed by atoms with Gasteiger partial charge in [0.15, 0.2) is 0 Å². The van der Waals surface area contributed by atoms with Gasteiger partial charge in [0.2, 0.25) is 0 Å². The monoisotopic (exact) mass is 97.1 g/mol. The van der Waals surface area contributed by atoms with E-state index in [1.165, 1.54) is 13.0 Å². The van der Waals surface area contributed by atoms with E-state index in [0.29, 0.717) is 0 Å². The van der Waals surface area contributed by atoms with E-state index >= 15 is 0 Å². The van der Waals surface area contributed by atoms with E-state index in [-0.39, 0.29) is 0 Å². The minimum atomic E-state index is 1.16. The lowest BCUT2D eigenvalue weighted by Crippen LogP contribution is -2.12. The molecule has 0 saturated heterocycles. The number of rotatable bonds is 1. The lowest BCUT2D eigenvalue weighted by Gasteiger charge is -2.09. The Labute approximate surface area is 44.6 Å². The Morgan fingerprint density at radius 1 is 1.71 bits per heavy atom. The SMILES string of the molecule is CCN1C=CCC1. The third-order valence-electron chi connectivity index (χ3n) is 1.31. The Morgan fingerprint density at radius 3 is 2.86 bits per heavy atom. The second kappa shape index (κ2) is 2.01. The summed E-state index contributed by atoms with van der Waals surface area (Å²) < 4.78 is 0. The molecule has 0 unspecified atom stereocenters. The van der Waals surface area contributed by atoms with Crippen LogP contribution in [0.2, 0.25) is 0 Å². The summed E-state index contributed by atoms with van der Waals surface area (Å²) in [5, 5.41) is 0. The molecule has 0 aromatic rings. The van der Waals surface area contributed by atoms with E-state index in [4.69, 9.17) is 0 Å².